The van der Waals surface area contributed by atoms with Crippen molar-refractivity contribution in [1.29, 1.82) is 0 Å². The van der Waals surface area contributed by atoms with Crippen molar-refractivity contribution in [2.45, 2.75) is 6.04 Å². The van der Waals surface area contributed by atoms with Crippen molar-refractivity contribution >= 4 is 17.6 Å². The third kappa shape index (κ3) is 3.84. The van der Waals surface area contributed by atoms with E-state index in [-0.39, 0.29) is 0 Å². The zero-order valence-corrected chi connectivity index (χ0v) is 10.3. The molecule has 1 aromatic rings. The summed E-state index contributed by atoms with van der Waals surface area (Å²) in [6.45, 7) is 0. The second-order valence-corrected chi connectivity index (χ2v) is 4.21. The second-order valence-electron chi connectivity index (χ2n) is 3.77. The van der Waals surface area contributed by atoms with Crippen LogP contribution in [-0.2, 0) is 4.79 Å². The van der Waals surface area contributed by atoms with Gasteiger partial charge < -0.3 is 5.11 Å². The number of hydrogen-bond acceptors (Lipinski definition) is 2. The molecule has 92 valence electrons. The van der Waals surface area contributed by atoms with E-state index in [1.165, 1.54) is 24.3 Å². The minimum absolute atomic E-state index is 0.347. The van der Waals surface area contributed by atoms with Gasteiger partial charge in [0.2, 0.25) is 0 Å². The molecular formula is C12H13ClFNO2. The standard InChI is InChI=1S/C12H13ClFNO2/c1-15(2)11(5-6-12(16)17)9-7-8(13)3-4-10(9)14/h3-7,11H,1-2H3,(H,16,17)/b6-5+. The molecular weight excluding hydrogens is 245 g/mol. The van der Waals surface area contributed by atoms with Crippen LogP contribution < -0.4 is 0 Å². The van der Waals surface area contributed by atoms with E-state index in [0.29, 0.717) is 10.6 Å². The SMILES string of the molecule is CN(C)C(/C=C/C(=O)O)c1cc(Cl)ccc1F. The van der Waals surface area contributed by atoms with Crippen molar-refractivity contribution in [2.24, 2.45) is 0 Å². The molecule has 0 spiro atoms. The Morgan fingerprint density at radius 2 is 2.18 bits per heavy atom. The Morgan fingerprint density at radius 1 is 1.53 bits per heavy atom. The number of rotatable bonds is 4. The lowest BCUT2D eigenvalue weighted by atomic mass is 10.0. The largest absolute Gasteiger partial charge is 0.478 e. The van der Waals surface area contributed by atoms with Gasteiger partial charge in [-0.15, -0.1) is 0 Å². The zero-order valence-electron chi connectivity index (χ0n) is 9.52. The number of carbonyl (C=O) groups is 1. The molecule has 3 nitrogen and oxygen atoms in total. The van der Waals surface area contributed by atoms with Gasteiger partial charge in [-0.2, -0.15) is 0 Å². The summed E-state index contributed by atoms with van der Waals surface area (Å²) in [5, 5.41) is 9.00. The lowest BCUT2D eigenvalue weighted by Gasteiger charge is -2.21. The number of likely N-dealkylation sites (N-methyl/N-ethyl adjacent to an activating group) is 1. The Bertz CT molecular complexity index is 446. The number of benzene rings is 1. The molecule has 0 fully saturated rings. The predicted molar refractivity (Wildman–Crippen MR) is 64.6 cm³/mol. The molecule has 0 aromatic heterocycles. The lowest BCUT2D eigenvalue weighted by Crippen LogP contribution is -2.19. The first kappa shape index (κ1) is 13.7. The van der Waals surface area contributed by atoms with Crippen LogP contribution >= 0.6 is 11.6 Å². The molecule has 1 rings (SSSR count). The summed E-state index contributed by atoms with van der Waals surface area (Å²) < 4.78 is 13.6. The quantitative estimate of drug-likeness (QED) is 0.843. The summed E-state index contributed by atoms with van der Waals surface area (Å²) in [7, 11) is 3.47. The fraction of sp³-hybridized carbons (Fsp3) is 0.250. The number of hydrogen-bond donors (Lipinski definition) is 1. The molecule has 0 amide bonds. The summed E-state index contributed by atoms with van der Waals surface area (Å²) in [5.41, 5.74) is 0.347. The van der Waals surface area contributed by atoms with E-state index in [0.717, 1.165) is 6.08 Å². The first-order valence-electron chi connectivity index (χ1n) is 4.94. The van der Waals surface area contributed by atoms with Crippen LogP contribution in [0.4, 0.5) is 4.39 Å². The number of aliphatic carboxylic acids is 1. The van der Waals surface area contributed by atoms with Crippen molar-refractivity contribution in [1.82, 2.24) is 4.90 Å². The second kappa shape index (κ2) is 5.80. The summed E-state index contributed by atoms with van der Waals surface area (Å²) in [6.07, 6.45) is 2.40. The van der Waals surface area contributed by atoms with Gasteiger partial charge >= 0.3 is 5.97 Å². The smallest absolute Gasteiger partial charge is 0.328 e. The van der Waals surface area contributed by atoms with Crippen molar-refractivity contribution in [2.75, 3.05) is 14.1 Å². The minimum Gasteiger partial charge on any atom is -0.478 e. The highest BCUT2D eigenvalue weighted by atomic mass is 35.5. The molecule has 1 atom stereocenters. The van der Waals surface area contributed by atoms with Crippen LogP contribution in [0.1, 0.15) is 11.6 Å². The predicted octanol–water partition coefficient (Wildman–Crippen LogP) is 2.72. The number of halogens is 2. The van der Waals surface area contributed by atoms with Gasteiger partial charge in [-0.1, -0.05) is 17.7 Å². The van der Waals surface area contributed by atoms with Crippen LogP contribution in [0.5, 0.6) is 0 Å². The van der Waals surface area contributed by atoms with Crippen LogP contribution in [0, 0.1) is 5.82 Å². The molecule has 17 heavy (non-hydrogen) atoms. The first-order chi connectivity index (χ1) is 7.91. The van der Waals surface area contributed by atoms with E-state index < -0.39 is 17.8 Å². The van der Waals surface area contributed by atoms with Crippen molar-refractivity contribution < 1.29 is 14.3 Å². The third-order valence-corrected chi connectivity index (χ3v) is 2.49. The van der Waals surface area contributed by atoms with Gasteiger partial charge in [0.1, 0.15) is 5.82 Å². The van der Waals surface area contributed by atoms with Gasteiger partial charge in [0.05, 0.1) is 6.04 Å². The summed E-state index contributed by atoms with van der Waals surface area (Å²) >= 11 is 5.80. The van der Waals surface area contributed by atoms with Crippen molar-refractivity contribution in [3.8, 4) is 0 Å². The summed E-state index contributed by atoms with van der Waals surface area (Å²) in [6, 6.07) is 3.75. The van der Waals surface area contributed by atoms with Gasteiger partial charge in [-0.25, -0.2) is 9.18 Å². The molecule has 0 heterocycles. The van der Waals surface area contributed by atoms with E-state index in [1.807, 2.05) is 0 Å². The summed E-state index contributed by atoms with van der Waals surface area (Å²) in [5.74, 6) is -1.48. The molecule has 5 heteroatoms. The Kier molecular flexibility index (Phi) is 4.66. The molecule has 1 unspecified atom stereocenters. The highest BCUT2D eigenvalue weighted by Gasteiger charge is 2.16. The Morgan fingerprint density at radius 3 is 2.71 bits per heavy atom. The average Bonchev–Trinajstić information content (AvgIpc) is 2.22. The van der Waals surface area contributed by atoms with Crippen molar-refractivity contribution in [3.05, 3.63) is 46.8 Å². The fourth-order valence-corrected chi connectivity index (χ4v) is 1.65. The maximum Gasteiger partial charge on any atom is 0.328 e. The van der Waals surface area contributed by atoms with Crippen LogP contribution in [0.3, 0.4) is 0 Å². The van der Waals surface area contributed by atoms with Crippen LogP contribution in [0.2, 0.25) is 5.02 Å². The maximum atomic E-state index is 13.6. The average molecular weight is 258 g/mol. The Hall–Kier alpha value is -1.39. The van der Waals surface area contributed by atoms with Crippen molar-refractivity contribution in [3.63, 3.8) is 0 Å². The number of nitrogens with zero attached hydrogens (tertiary/aromatic N) is 1. The van der Waals surface area contributed by atoms with E-state index in [9.17, 15) is 9.18 Å². The third-order valence-electron chi connectivity index (χ3n) is 2.25. The monoisotopic (exact) mass is 257 g/mol. The van der Waals surface area contributed by atoms with Crippen LogP contribution in [-0.4, -0.2) is 30.1 Å². The maximum absolute atomic E-state index is 13.6. The van der Waals surface area contributed by atoms with Crippen LogP contribution in [0.25, 0.3) is 0 Å². The molecule has 0 bridgehead atoms. The minimum atomic E-state index is -1.07. The molecule has 0 saturated heterocycles. The van der Waals surface area contributed by atoms with E-state index in [1.54, 1.807) is 19.0 Å². The van der Waals surface area contributed by atoms with E-state index >= 15 is 0 Å². The van der Waals surface area contributed by atoms with Gasteiger partial charge in [0, 0.05) is 16.7 Å². The van der Waals surface area contributed by atoms with Gasteiger partial charge in [0.25, 0.3) is 0 Å². The van der Waals surface area contributed by atoms with E-state index in [4.69, 9.17) is 16.7 Å². The highest BCUT2D eigenvalue weighted by molar-refractivity contribution is 6.30. The molecule has 0 aliphatic carbocycles. The van der Waals surface area contributed by atoms with Gasteiger partial charge in [0.15, 0.2) is 0 Å². The molecule has 0 aliphatic rings. The van der Waals surface area contributed by atoms with Gasteiger partial charge in [-0.3, -0.25) is 4.90 Å². The van der Waals surface area contributed by atoms with Crippen LogP contribution in [0.15, 0.2) is 30.4 Å². The zero-order chi connectivity index (χ0) is 13.0. The molecule has 0 aliphatic heterocycles. The Labute approximate surface area is 104 Å². The highest BCUT2D eigenvalue weighted by Crippen LogP contribution is 2.25. The molecule has 1 N–H and O–H groups in total. The topological polar surface area (TPSA) is 40.5 Å². The Balaban J connectivity index is 3.13. The normalized spacial score (nSPS) is 13.2. The summed E-state index contributed by atoms with van der Waals surface area (Å²) in [4.78, 5) is 12.2. The molecule has 1 aromatic carbocycles. The first-order valence-corrected chi connectivity index (χ1v) is 5.32. The lowest BCUT2D eigenvalue weighted by molar-refractivity contribution is -0.131. The number of carboxylic acid groups (broad SMARTS) is 1. The van der Waals surface area contributed by atoms with Gasteiger partial charge in [-0.05, 0) is 32.3 Å². The number of carboxylic acids is 1. The van der Waals surface area contributed by atoms with E-state index in [2.05, 4.69) is 0 Å². The molecule has 0 saturated carbocycles. The molecule has 0 radical (unpaired) electrons. The fourth-order valence-electron chi connectivity index (χ4n) is 1.47.